The number of benzene rings is 2. The van der Waals surface area contributed by atoms with Crippen molar-refractivity contribution in [3.8, 4) is 0 Å². The predicted octanol–water partition coefficient (Wildman–Crippen LogP) is 3.75. The second-order valence-electron chi connectivity index (χ2n) is 4.82. The molecule has 1 aliphatic rings. The van der Waals surface area contributed by atoms with Gasteiger partial charge < -0.3 is 5.11 Å². The highest BCUT2D eigenvalue weighted by Gasteiger charge is 2.28. The zero-order valence-corrected chi connectivity index (χ0v) is 11.2. The summed E-state index contributed by atoms with van der Waals surface area (Å²) in [4.78, 5) is 1.31. The lowest BCUT2D eigenvalue weighted by atomic mass is 10.0. The van der Waals surface area contributed by atoms with E-state index in [0.717, 1.165) is 12.0 Å². The smallest absolute Gasteiger partial charge is 0.0915 e. The van der Waals surface area contributed by atoms with Crippen molar-refractivity contribution in [2.45, 2.75) is 29.6 Å². The number of hydrogen-bond donors (Lipinski definition) is 1. The lowest BCUT2D eigenvalue weighted by Crippen LogP contribution is -2.14. The second kappa shape index (κ2) is 4.79. The summed E-state index contributed by atoms with van der Waals surface area (Å²) in [5.41, 5.74) is 3.61. The Bertz CT molecular complexity index is 522. The number of fused-ring (bicyclic) bond motifs is 1. The maximum absolute atomic E-state index is 10.5. The van der Waals surface area contributed by atoms with Crippen molar-refractivity contribution < 1.29 is 5.11 Å². The van der Waals surface area contributed by atoms with Gasteiger partial charge >= 0.3 is 0 Å². The largest absolute Gasteiger partial charge is 0.387 e. The summed E-state index contributed by atoms with van der Waals surface area (Å²) in [6, 6.07) is 16.6. The molecule has 1 N–H and O–H groups in total. The molecule has 1 aliphatic heterocycles. The molecule has 2 heteroatoms. The Kier molecular flexibility index (Phi) is 3.14. The minimum Gasteiger partial charge on any atom is -0.387 e. The van der Waals surface area contributed by atoms with E-state index >= 15 is 0 Å². The van der Waals surface area contributed by atoms with E-state index in [4.69, 9.17) is 0 Å². The van der Waals surface area contributed by atoms with Crippen LogP contribution in [0.4, 0.5) is 0 Å². The van der Waals surface area contributed by atoms with E-state index in [0.29, 0.717) is 0 Å². The molecule has 2 aromatic carbocycles. The van der Waals surface area contributed by atoms with Gasteiger partial charge in [-0.1, -0.05) is 48.0 Å². The van der Waals surface area contributed by atoms with E-state index in [1.54, 1.807) is 11.8 Å². The molecule has 0 spiro atoms. The molecule has 92 valence electrons. The molecule has 1 nitrogen and oxygen atoms in total. The predicted molar refractivity (Wildman–Crippen MR) is 75.9 cm³/mol. The van der Waals surface area contributed by atoms with Crippen LogP contribution in [0.3, 0.4) is 0 Å². The Morgan fingerprint density at radius 1 is 1.11 bits per heavy atom. The number of rotatable bonds is 2. The van der Waals surface area contributed by atoms with Crippen LogP contribution in [0.2, 0.25) is 0 Å². The summed E-state index contributed by atoms with van der Waals surface area (Å²) >= 11 is 1.79. The van der Waals surface area contributed by atoms with E-state index < -0.39 is 0 Å². The summed E-state index contributed by atoms with van der Waals surface area (Å²) in [7, 11) is 0. The fraction of sp³-hybridized carbons (Fsp3) is 0.250. The molecule has 0 radical (unpaired) electrons. The van der Waals surface area contributed by atoms with Crippen LogP contribution in [0.1, 0.15) is 22.8 Å². The van der Waals surface area contributed by atoms with Gasteiger partial charge in [-0.2, -0.15) is 0 Å². The fourth-order valence-corrected chi connectivity index (χ4v) is 3.70. The number of aliphatic hydroxyl groups is 1. The van der Waals surface area contributed by atoms with E-state index in [2.05, 4.69) is 43.3 Å². The number of aryl methyl sites for hydroxylation is 1. The highest BCUT2D eigenvalue weighted by Crippen LogP contribution is 2.42. The zero-order valence-electron chi connectivity index (χ0n) is 10.3. The van der Waals surface area contributed by atoms with Crippen molar-refractivity contribution in [3.63, 3.8) is 0 Å². The quantitative estimate of drug-likeness (QED) is 0.883. The lowest BCUT2D eigenvalue weighted by Gasteiger charge is -2.17. The number of aliphatic hydroxyl groups excluding tert-OH is 1. The topological polar surface area (TPSA) is 20.2 Å². The molecule has 0 fully saturated rings. The number of hydrogen-bond acceptors (Lipinski definition) is 2. The first-order valence-electron chi connectivity index (χ1n) is 6.23. The molecule has 0 bridgehead atoms. The normalized spacial score (nSPS) is 19.6. The van der Waals surface area contributed by atoms with Gasteiger partial charge in [0, 0.05) is 10.1 Å². The van der Waals surface area contributed by atoms with Crippen molar-refractivity contribution in [2.24, 2.45) is 0 Å². The van der Waals surface area contributed by atoms with Gasteiger partial charge in [0.05, 0.1) is 6.10 Å². The minimum absolute atomic E-state index is 0.241. The first-order valence-corrected chi connectivity index (χ1v) is 7.11. The van der Waals surface area contributed by atoms with Gasteiger partial charge in [0.2, 0.25) is 0 Å². The third-order valence-corrected chi connectivity index (χ3v) is 4.82. The van der Waals surface area contributed by atoms with Crippen LogP contribution < -0.4 is 0 Å². The molecule has 1 heterocycles. The van der Waals surface area contributed by atoms with Crippen molar-refractivity contribution in [1.82, 2.24) is 0 Å². The van der Waals surface area contributed by atoms with Gasteiger partial charge in [0.25, 0.3) is 0 Å². The Balaban J connectivity index is 1.80. The monoisotopic (exact) mass is 256 g/mol. The molecule has 0 amide bonds. The Labute approximate surface area is 112 Å². The van der Waals surface area contributed by atoms with Crippen molar-refractivity contribution in [3.05, 3.63) is 65.2 Å². The summed E-state index contributed by atoms with van der Waals surface area (Å²) < 4.78 is 0. The van der Waals surface area contributed by atoms with Crippen LogP contribution in [0, 0.1) is 6.92 Å². The molecule has 0 saturated carbocycles. The second-order valence-corrected chi connectivity index (χ2v) is 6.10. The van der Waals surface area contributed by atoms with Gasteiger partial charge in [0.1, 0.15) is 0 Å². The van der Waals surface area contributed by atoms with Crippen LogP contribution in [0.25, 0.3) is 0 Å². The average molecular weight is 256 g/mol. The number of thioether (sulfide) groups is 1. The van der Waals surface area contributed by atoms with Crippen molar-refractivity contribution in [1.29, 1.82) is 0 Å². The van der Waals surface area contributed by atoms with E-state index in [9.17, 15) is 5.11 Å². The third-order valence-electron chi connectivity index (χ3n) is 3.44. The van der Waals surface area contributed by atoms with Gasteiger partial charge in [-0.25, -0.2) is 0 Å². The van der Waals surface area contributed by atoms with Crippen molar-refractivity contribution in [2.75, 3.05) is 0 Å². The molecule has 3 rings (SSSR count). The van der Waals surface area contributed by atoms with Gasteiger partial charge in [-0.15, -0.1) is 11.8 Å². The van der Waals surface area contributed by atoms with Gasteiger partial charge in [0.15, 0.2) is 0 Å². The van der Waals surface area contributed by atoms with Crippen LogP contribution in [0.15, 0.2) is 53.4 Å². The Hall–Kier alpha value is -1.25. The summed E-state index contributed by atoms with van der Waals surface area (Å²) in [5, 5.41) is 10.7. The van der Waals surface area contributed by atoms with Crippen LogP contribution >= 0.6 is 11.8 Å². The van der Waals surface area contributed by atoms with Crippen LogP contribution in [0.5, 0.6) is 0 Å². The molecule has 0 aromatic heterocycles. The first kappa shape index (κ1) is 11.8. The fourth-order valence-electron chi connectivity index (χ4n) is 2.36. The Morgan fingerprint density at radius 3 is 2.56 bits per heavy atom. The molecular formula is C16H16OS. The lowest BCUT2D eigenvalue weighted by molar-refractivity contribution is 0.175. The molecule has 2 atom stereocenters. The standard InChI is InChI=1S/C16H16OS/c1-11-6-8-12(9-7-11)16(17)15-10-13-4-2-3-5-14(13)18-15/h2-9,15-17H,10H2,1H3. The first-order chi connectivity index (χ1) is 8.74. The SMILES string of the molecule is Cc1ccc(C(O)C2Cc3ccccc3S2)cc1. The van der Waals surface area contributed by atoms with Crippen molar-refractivity contribution >= 4 is 11.8 Å². The minimum atomic E-state index is -0.386. The van der Waals surface area contributed by atoms with E-state index in [-0.39, 0.29) is 11.4 Å². The average Bonchev–Trinajstić information content (AvgIpc) is 2.82. The summed E-state index contributed by atoms with van der Waals surface area (Å²) in [5.74, 6) is 0. The van der Waals surface area contributed by atoms with Gasteiger partial charge in [-0.3, -0.25) is 0 Å². The molecule has 0 aliphatic carbocycles. The molecular weight excluding hydrogens is 240 g/mol. The molecule has 0 saturated heterocycles. The molecule has 2 aromatic rings. The summed E-state index contributed by atoms with van der Waals surface area (Å²) in [6.07, 6.45) is 0.568. The Morgan fingerprint density at radius 2 is 1.83 bits per heavy atom. The summed E-state index contributed by atoms with van der Waals surface area (Å²) in [6.45, 7) is 2.07. The molecule has 2 unspecified atom stereocenters. The molecule has 18 heavy (non-hydrogen) atoms. The maximum atomic E-state index is 10.5. The zero-order chi connectivity index (χ0) is 12.5. The van der Waals surface area contributed by atoms with Crippen LogP contribution in [-0.2, 0) is 6.42 Å². The van der Waals surface area contributed by atoms with Crippen LogP contribution in [-0.4, -0.2) is 10.4 Å². The van der Waals surface area contributed by atoms with E-state index in [1.807, 2.05) is 12.1 Å². The maximum Gasteiger partial charge on any atom is 0.0915 e. The highest BCUT2D eigenvalue weighted by molar-refractivity contribution is 8.00. The highest BCUT2D eigenvalue weighted by atomic mass is 32.2. The van der Waals surface area contributed by atoms with E-state index in [1.165, 1.54) is 16.0 Å². The van der Waals surface area contributed by atoms with Gasteiger partial charge in [-0.05, 0) is 30.5 Å². The third kappa shape index (κ3) is 2.18.